The molecule has 0 saturated carbocycles. The second-order valence-electron chi connectivity index (χ2n) is 5.02. The molecule has 0 aliphatic heterocycles. The second kappa shape index (κ2) is 5.77. The van der Waals surface area contributed by atoms with Gasteiger partial charge in [-0.15, -0.1) is 11.3 Å². The fraction of sp³-hybridized carbons (Fsp3) is 0.267. The van der Waals surface area contributed by atoms with E-state index in [0.717, 1.165) is 16.7 Å². The topological polar surface area (TPSA) is 35.8 Å². The van der Waals surface area contributed by atoms with E-state index in [1.807, 2.05) is 18.2 Å². The van der Waals surface area contributed by atoms with Gasteiger partial charge in [0, 0.05) is 21.3 Å². The molecule has 1 aromatic heterocycles. The molecule has 0 radical (unpaired) electrons. The molecule has 98 valence electrons. The fourth-order valence-corrected chi connectivity index (χ4v) is 3.04. The van der Waals surface area contributed by atoms with Crippen LogP contribution in [0, 0.1) is 11.3 Å². The Morgan fingerprint density at radius 2 is 2.16 bits per heavy atom. The molecule has 0 aliphatic carbocycles. The molecule has 2 rings (SSSR count). The maximum atomic E-state index is 9.12. The Bertz CT molecular complexity index is 597. The van der Waals surface area contributed by atoms with Gasteiger partial charge in [0.05, 0.1) is 11.3 Å². The number of rotatable bonds is 4. The molecule has 0 aliphatic rings. The summed E-state index contributed by atoms with van der Waals surface area (Å²) in [5.74, 6) is 0. The van der Waals surface area contributed by atoms with E-state index in [1.54, 1.807) is 11.3 Å². The SMILES string of the molecule is CC(C)(CNc1cc(Br)ccc1C#N)c1cccs1. The van der Waals surface area contributed by atoms with Gasteiger partial charge in [0.25, 0.3) is 0 Å². The van der Waals surface area contributed by atoms with Crippen molar-refractivity contribution in [3.8, 4) is 6.07 Å². The number of nitrogens with zero attached hydrogens (tertiary/aromatic N) is 1. The predicted octanol–water partition coefficient (Wildman–Crippen LogP) is 4.77. The first-order valence-corrected chi connectivity index (χ1v) is 7.68. The molecule has 0 saturated heterocycles. The zero-order chi connectivity index (χ0) is 13.9. The minimum Gasteiger partial charge on any atom is -0.383 e. The standard InChI is InChI=1S/C15H15BrN2S/c1-15(2,14-4-3-7-19-14)10-18-13-8-12(16)6-5-11(13)9-17/h3-8,18H,10H2,1-2H3. The fourth-order valence-electron chi connectivity index (χ4n) is 1.83. The number of benzene rings is 1. The van der Waals surface area contributed by atoms with Gasteiger partial charge < -0.3 is 5.32 Å². The molecule has 1 heterocycles. The Morgan fingerprint density at radius 3 is 2.79 bits per heavy atom. The van der Waals surface area contributed by atoms with E-state index in [2.05, 4.69) is 58.7 Å². The van der Waals surface area contributed by atoms with Crippen LogP contribution >= 0.6 is 27.3 Å². The highest BCUT2D eigenvalue weighted by Gasteiger charge is 2.21. The van der Waals surface area contributed by atoms with Crippen LogP contribution in [0.25, 0.3) is 0 Å². The predicted molar refractivity (Wildman–Crippen MR) is 84.7 cm³/mol. The van der Waals surface area contributed by atoms with E-state index in [9.17, 15) is 0 Å². The third-order valence-corrected chi connectivity index (χ3v) is 4.74. The molecule has 0 bridgehead atoms. The number of nitrogens with one attached hydrogen (secondary N) is 1. The normalized spacial score (nSPS) is 11.1. The van der Waals surface area contributed by atoms with Crippen LogP contribution in [-0.4, -0.2) is 6.54 Å². The summed E-state index contributed by atoms with van der Waals surface area (Å²) in [6.07, 6.45) is 0. The molecule has 0 unspecified atom stereocenters. The molecule has 1 aromatic carbocycles. The summed E-state index contributed by atoms with van der Waals surface area (Å²) in [5.41, 5.74) is 1.59. The Labute approximate surface area is 126 Å². The number of hydrogen-bond donors (Lipinski definition) is 1. The van der Waals surface area contributed by atoms with Crippen LogP contribution < -0.4 is 5.32 Å². The molecule has 0 atom stereocenters. The van der Waals surface area contributed by atoms with Gasteiger partial charge in [-0.05, 0) is 29.6 Å². The third-order valence-electron chi connectivity index (χ3n) is 3.01. The van der Waals surface area contributed by atoms with Crippen LogP contribution in [0.15, 0.2) is 40.2 Å². The second-order valence-corrected chi connectivity index (χ2v) is 6.88. The van der Waals surface area contributed by atoms with Gasteiger partial charge in [-0.25, -0.2) is 0 Å². The third kappa shape index (κ3) is 3.37. The lowest BCUT2D eigenvalue weighted by Crippen LogP contribution is -2.26. The first kappa shape index (κ1) is 14.1. The van der Waals surface area contributed by atoms with E-state index in [0.29, 0.717) is 5.56 Å². The van der Waals surface area contributed by atoms with Crippen molar-refractivity contribution in [1.82, 2.24) is 0 Å². The van der Waals surface area contributed by atoms with E-state index < -0.39 is 0 Å². The van der Waals surface area contributed by atoms with Gasteiger partial charge >= 0.3 is 0 Å². The first-order valence-electron chi connectivity index (χ1n) is 6.00. The maximum absolute atomic E-state index is 9.12. The minimum atomic E-state index is 0.0449. The summed E-state index contributed by atoms with van der Waals surface area (Å²) < 4.78 is 0.975. The van der Waals surface area contributed by atoms with E-state index in [-0.39, 0.29) is 5.41 Å². The van der Waals surface area contributed by atoms with E-state index in [4.69, 9.17) is 5.26 Å². The van der Waals surface area contributed by atoms with Crippen molar-refractivity contribution in [2.75, 3.05) is 11.9 Å². The van der Waals surface area contributed by atoms with Gasteiger partial charge in [0.2, 0.25) is 0 Å². The van der Waals surface area contributed by atoms with E-state index in [1.165, 1.54) is 4.88 Å². The lowest BCUT2D eigenvalue weighted by Gasteiger charge is -2.24. The smallest absolute Gasteiger partial charge is 0.101 e. The molecule has 2 nitrogen and oxygen atoms in total. The average molecular weight is 335 g/mol. The largest absolute Gasteiger partial charge is 0.383 e. The van der Waals surface area contributed by atoms with Crippen LogP contribution in [0.1, 0.15) is 24.3 Å². The molecule has 0 fully saturated rings. The molecular weight excluding hydrogens is 320 g/mol. The number of nitriles is 1. The van der Waals surface area contributed by atoms with Gasteiger partial charge in [-0.3, -0.25) is 0 Å². The first-order chi connectivity index (χ1) is 9.03. The van der Waals surface area contributed by atoms with Gasteiger partial charge in [-0.2, -0.15) is 5.26 Å². The average Bonchev–Trinajstić information content (AvgIpc) is 2.91. The number of thiophene rings is 1. The number of anilines is 1. The summed E-state index contributed by atoms with van der Waals surface area (Å²) in [6.45, 7) is 5.20. The van der Waals surface area contributed by atoms with Crippen molar-refractivity contribution < 1.29 is 0 Å². The highest BCUT2D eigenvalue weighted by atomic mass is 79.9. The van der Waals surface area contributed by atoms with Crippen molar-refractivity contribution in [1.29, 1.82) is 5.26 Å². The van der Waals surface area contributed by atoms with Crippen molar-refractivity contribution in [2.24, 2.45) is 0 Å². The number of halogens is 1. The van der Waals surface area contributed by atoms with Gasteiger partial charge in [0.15, 0.2) is 0 Å². The van der Waals surface area contributed by atoms with Gasteiger partial charge in [0.1, 0.15) is 6.07 Å². The van der Waals surface area contributed by atoms with Crippen LogP contribution in [0.2, 0.25) is 0 Å². The summed E-state index contributed by atoms with van der Waals surface area (Å²) in [7, 11) is 0. The monoisotopic (exact) mass is 334 g/mol. The number of hydrogen-bond acceptors (Lipinski definition) is 3. The Balaban J connectivity index is 2.15. The molecule has 0 spiro atoms. The van der Waals surface area contributed by atoms with Crippen LogP contribution in [0.4, 0.5) is 5.69 Å². The molecule has 2 aromatic rings. The van der Waals surface area contributed by atoms with E-state index >= 15 is 0 Å². The summed E-state index contributed by atoms with van der Waals surface area (Å²) in [6, 6.07) is 12.1. The molecule has 0 amide bonds. The summed E-state index contributed by atoms with van der Waals surface area (Å²) >= 11 is 5.20. The Kier molecular flexibility index (Phi) is 4.28. The zero-order valence-electron chi connectivity index (χ0n) is 10.9. The van der Waals surface area contributed by atoms with Crippen molar-refractivity contribution >= 4 is 33.0 Å². The van der Waals surface area contributed by atoms with Crippen molar-refractivity contribution in [2.45, 2.75) is 19.3 Å². The van der Waals surface area contributed by atoms with Crippen molar-refractivity contribution in [3.05, 3.63) is 50.6 Å². The van der Waals surface area contributed by atoms with Crippen LogP contribution in [0.5, 0.6) is 0 Å². The molecule has 1 N–H and O–H groups in total. The summed E-state index contributed by atoms with van der Waals surface area (Å²) in [5, 5.41) is 14.6. The maximum Gasteiger partial charge on any atom is 0.101 e. The van der Waals surface area contributed by atoms with Crippen molar-refractivity contribution in [3.63, 3.8) is 0 Å². The van der Waals surface area contributed by atoms with Crippen LogP contribution in [-0.2, 0) is 5.41 Å². The lowest BCUT2D eigenvalue weighted by atomic mass is 9.91. The minimum absolute atomic E-state index is 0.0449. The van der Waals surface area contributed by atoms with Crippen LogP contribution in [0.3, 0.4) is 0 Å². The highest BCUT2D eigenvalue weighted by Crippen LogP contribution is 2.29. The highest BCUT2D eigenvalue weighted by molar-refractivity contribution is 9.10. The molecular formula is C15H15BrN2S. The Hall–Kier alpha value is -1.31. The van der Waals surface area contributed by atoms with Gasteiger partial charge in [-0.1, -0.05) is 35.8 Å². The lowest BCUT2D eigenvalue weighted by molar-refractivity contribution is 0.569. The zero-order valence-corrected chi connectivity index (χ0v) is 13.3. The molecule has 19 heavy (non-hydrogen) atoms. The summed E-state index contributed by atoms with van der Waals surface area (Å²) in [4.78, 5) is 1.34. The quantitative estimate of drug-likeness (QED) is 0.873. The molecule has 4 heteroatoms. The Morgan fingerprint density at radius 1 is 1.37 bits per heavy atom.